The molecule has 0 amide bonds. The van der Waals surface area contributed by atoms with Gasteiger partial charge in [-0.15, -0.1) is 0 Å². The average Bonchev–Trinajstić information content (AvgIpc) is 2.34. The van der Waals surface area contributed by atoms with Crippen LogP contribution in [-0.2, 0) is 6.42 Å². The Hall–Kier alpha value is -1.74. The fourth-order valence-electron chi connectivity index (χ4n) is 2.80. The van der Waals surface area contributed by atoms with E-state index >= 15 is 0 Å². The smallest absolute Gasteiger partial charge is 0.126 e. The third-order valence-corrected chi connectivity index (χ3v) is 3.81. The third-order valence-electron chi connectivity index (χ3n) is 3.81. The van der Waals surface area contributed by atoms with Gasteiger partial charge in [0, 0.05) is 12.1 Å². The van der Waals surface area contributed by atoms with E-state index in [9.17, 15) is 8.78 Å². The molecule has 0 saturated heterocycles. The highest BCUT2D eigenvalue weighted by molar-refractivity contribution is 5.40. The molecule has 0 bridgehead atoms. The molecule has 2 N–H and O–H groups in total. The van der Waals surface area contributed by atoms with E-state index in [0.29, 0.717) is 11.5 Å². The molecular weight excluding hydrogens is 244 g/mol. The van der Waals surface area contributed by atoms with Crippen molar-refractivity contribution in [2.45, 2.75) is 24.8 Å². The van der Waals surface area contributed by atoms with E-state index < -0.39 is 11.6 Å². The first-order chi connectivity index (χ1) is 9.13. The zero-order valence-corrected chi connectivity index (χ0v) is 10.4. The number of hydrogen-bond donors (Lipinski definition) is 1. The van der Waals surface area contributed by atoms with E-state index in [2.05, 4.69) is 12.1 Å². The highest BCUT2D eigenvalue weighted by Crippen LogP contribution is 2.40. The van der Waals surface area contributed by atoms with Crippen LogP contribution in [-0.4, -0.2) is 0 Å². The molecule has 2 unspecified atom stereocenters. The average molecular weight is 259 g/mol. The monoisotopic (exact) mass is 259 g/mol. The quantitative estimate of drug-likeness (QED) is 0.893. The summed E-state index contributed by atoms with van der Waals surface area (Å²) in [5.74, 6) is -0.739. The molecule has 0 spiro atoms. The van der Waals surface area contributed by atoms with Crippen LogP contribution in [0.25, 0.3) is 0 Å². The lowest BCUT2D eigenvalue weighted by molar-refractivity contribution is 0.492. The number of halogens is 2. The van der Waals surface area contributed by atoms with Crippen LogP contribution in [0.15, 0.2) is 42.5 Å². The van der Waals surface area contributed by atoms with Crippen molar-refractivity contribution in [1.29, 1.82) is 0 Å². The minimum Gasteiger partial charge on any atom is -0.324 e. The van der Waals surface area contributed by atoms with Gasteiger partial charge in [0.2, 0.25) is 0 Å². The van der Waals surface area contributed by atoms with E-state index in [4.69, 9.17) is 5.73 Å². The Morgan fingerprint density at radius 3 is 2.47 bits per heavy atom. The van der Waals surface area contributed by atoms with Crippen LogP contribution in [0, 0.1) is 11.6 Å². The summed E-state index contributed by atoms with van der Waals surface area (Å²) in [4.78, 5) is 0. The molecular formula is C16H15F2N. The minimum absolute atomic E-state index is 0.330. The molecule has 0 heterocycles. The largest absolute Gasteiger partial charge is 0.324 e. The Kier molecular flexibility index (Phi) is 3.07. The minimum atomic E-state index is -0.570. The molecule has 2 atom stereocenters. The van der Waals surface area contributed by atoms with Gasteiger partial charge in [-0.1, -0.05) is 24.3 Å². The standard InChI is InChI=1S/C16H15F2N/c17-13-6-12(7-14(18)9-13)16(19)8-11-5-10-3-1-2-4-15(10)11/h1-4,6-7,9,11,16H,5,8,19H2. The summed E-state index contributed by atoms with van der Waals surface area (Å²) in [7, 11) is 0. The van der Waals surface area contributed by atoms with Crippen molar-refractivity contribution in [1.82, 2.24) is 0 Å². The molecule has 3 heteroatoms. The molecule has 1 aliphatic carbocycles. The summed E-state index contributed by atoms with van der Waals surface area (Å²) in [6.07, 6.45) is 1.72. The van der Waals surface area contributed by atoms with Gasteiger partial charge in [-0.3, -0.25) is 0 Å². The van der Waals surface area contributed by atoms with Gasteiger partial charge in [0.15, 0.2) is 0 Å². The lowest BCUT2D eigenvalue weighted by atomic mass is 9.74. The molecule has 1 nitrogen and oxygen atoms in total. The maximum absolute atomic E-state index is 13.2. The van der Waals surface area contributed by atoms with E-state index in [1.807, 2.05) is 12.1 Å². The van der Waals surface area contributed by atoms with Gasteiger partial charge in [-0.25, -0.2) is 8.78 Å². The second kappa shape index (κ2) is 4.74. The summed E-state index contributed by atoms with van der Waals surface area (Å²) in [5.41, 5.74) is 9.26. The maximum Gasteiger partial charge on any atom is 0.126 e. The molecule has 98 valence electrons. The van der Waals surface area contributed by atoms with Crippen LogP contribution in [0.2, 0.25) is 0 Å². The van der Waals surface area contributed by atoms with Gasteiger partial charge in [0.1, 0.15) is 11.6 Å². The van der Waals surface area contributed by atoms with Crippen molar-refractivity contribution >= 4 is 0 Å². The second-order valence-corrected chi connectivity index (χ2v) is 5.14. The number of fused-ring (bicyclic) bond motifs is 1. The van der Waals surface area contributed by atoms with Crippen LogP contribution in [0.1, 0.15) is 35.1 Å². The molecule has 2 aromatic rings. The van der Waals surface area contributed by atoms with E-state index in [-0.39, 0.29) is 6.04 Å². The van der Waals surface area contributed by atoms with Crippen molar-refractivity contribution in [3.63, 3.8) is 0 Å². The molecule has 0 radical (unpaired) electrons. The maximum atomic E-state index is 13.2. The Bertz CT molecular complexity index is 589. The van der Waals surface area contributed by atoms with Gasteiger partial charge in [-0.05, 0) is 47.6 Å². The highest BCUT2D eigenvalue weighted by atomic mass is 19.1. The van der Waals surface area contributed by atoms with Crippen molar-refractivity contribution in [3.05, 3.63) is 70.8 Å². The van der Waals surface area contributed by atoms with Gasteiger partial charge in [-0.2, -0.15) is 0 Å². The van der Waals surface area contributed by atoms with E-state index in [1.54, 1.807) is 0 Å². The lowest BCUT2D eigenvalue weighted by Gasteiger charge is -2.32. The van der Waals surface area contributed by atoms with Gasteiger partial charge in [0.05, 0.1) is 0 Å². The Balaban J connectivity index is 1.74. The van der Waals surface area contributed by atoms with Gasteiger partial charge < -0.3 is 5.73 Å². The molecule has 0 aliphatic heterocycles. The Morgan fingerprint density at radius 1 is 1.11 bits per heavy atom. The second-order valence-electron chi connectivity index (χ2n) is 5.14. The summed E-state index contributed by atoms with van der Waals surface area (Å²) in [6.45, 7) is 0. The van der Waals surface area contributed by atoms with Gasteiger partial charge in [0.25, 0.3) is 0 Å². The van der Waals surface area contributed by atoms with Crippen molar-refractivity contribution in [2.75, 3.05) is 0 Å². The first-order valence-corrected chi connectivity index (χ1v) is 6.43. The van der Waals surface area contributed by atoms with Crippen LogP contribution in [0.4, 0.5) is 8.78 Å². The molecule has 0 fully saturated rings. The predicted octanol–water partition coefficient (Wildman–Crippen LogP) is 3.69. The molecule has 1 aliphatic rings. The molecule has 0 saturated carbocycles. The van der Waals surface area contributed by atoms with E-state index in [1.165, 1.54) is 23.3 Å². The molecule has 3 rings (SSSR count). The Morgan fingerprint density at radius 2 is 1.79 bits per heavy atom. The van der Waals surface area contributed by atoms with Crippen LogP contribution in [0.5, 0.6) is 0 Å². The number of rotatable bonds is 3. The zero-order valence-electron chi connectivity index (χ0n) is 10.4. The highest BCUT2D eigenvalue weighted by Gasteiger charge is 2.27. The fraction of sp³-hybridized carbons (Fsp3) is 0.250. The van der Waals surface area contributed by atoms with Crippen LogP contribution >= 0.6 is 0 Å². The van der Waals surface area contributed by atoms with Crippen LogP contribution < -0.4 is 5.73 Å². The Labute approximate surface area is 111 Å². The van der Waals surface area contributed by atoms with Crippen molar-refractivity contribution in [2.24, 2.45) is 5.73 Å². The molecule has 19 heavy (non-hydrogen) atoms. The zero-order chi connectivity index (χ0) is 13.4. The first-order valence-electron chi connectivity index (χ1n) is 6.43. The van der Waals surface area contributed by atoms with Crippen LogP contribution in [0.3, 0.4) is 0 Å². The molecule has 2 aromatic carbocycles. The fourth-order valence-corrected chi connectivity index (χ4v) is 2.80. The number of benzene rings is 2. The van der Waals surface area contributed by atoms with Crippen molar-refractivity contribution in [3.8, 4) is 0 Å². The normalized spacial score (nSPS) is 18.6. The number of nitrogens with two attached hydrogens (primary N) is 1. The predicted molar refractivity (Wildman–Crippen MR) is 70.8 cm³/mol. The van der Waals surface area contributed by atoms with Gasteiger partial charge >= 0.3 is 0 Å². The summed E-state index contributed by atoms with van der Waals surface area (Å²) in [5, 5.41) is 0. The SMILES string of the molecule is NC(CC1Cc2ccccc21)c1cc(F)cc(F)c1. The van der Waals surface area contributed by atoms with E-state index in [0.717, 1.165) is 18.9 Å². The summed E-state index contributed by atoms with van der Waals surface area (Å²) >= 11 is 0. The molecule has 0 aromatic heterocycles. The summed E-state index contributed by atoms with van der Waals surface area (Å²) in [6, 6.07) is 11.4. The summed E-state index contributed by atoms with van der Waals surface area (Å²) < 4.78 is 26.3. The van der Waals surface area contributed by atoms with Crippen molar-refractivity contribution < 1.29 is 8.78 Å². The first kappa shape index (κ1) is 12.3. The topological polar surface area (TPSA) is 26.0 Å². The lowest BCUT2D eigenvalue weighted by Crippen LogP contribution is -2.22. The third kappa shape index (κ3) is 2.38. The number of hydrogen-bond acceptors (Lipinski definition) is 1.